The summed E-state index contributed by atoms with van der Waals surface area (Å²) in [6, 6.07) is 8.15. The summed E-state index contributed by atoms with van der Waals surface area (Å²) in [5.41, 5.74) is 1.21. The van der Waals surface area contributed by atoms with E-state index in [9.17, 15) is 9.90 Å². The Morgan fingerprint density at radius 2 is 1.83 bits per heavy atom. The number of rotatable bonds is 3. The average molecular weight is 264 g/mol. The molecule has 1 saturated carbocycles. The van der Waals surface area contributed by atoms with E-state index in [1.165, 1.54) is 17.3 Å². The zero-order valence-corrected chi connectivity index (χ0v) is 11.8. The molecule has 2 nitrogen and oxygen atoms in total. The zero-order chi connectivity index (χ0) is 13.2. The lowest BCUT2D eigenvalue weighted by Crippen LogP contribution is -2.38. The van der Waals surface area contributed by atoms with Crippen molar-refractivity contribution >= 4 is 17.7 Å². The van der Waals surface area contributed by atoms with Gasteiger partial charge >= 0.3 is 5.97 Å². The van der Waals surface area contributed by atoms with Crippen molar-refractivity contribution in [2.24, 2.45) is 5.92 Å². The monoisotopic (exact) mass is 264 g/mol. The second kappa shape index (κ2) is 5.35. The predicted octanol–water partition coefficient (Wildman–Crippen LogP) is 4.12. The van der Waals surface area contributed by atoms with Crippen LogP contribution in [0, 0.1) is 12.8 Å². The SMILES string of the molecule is Cc1ccc(SC2(C(=O)O)CCC(C)CC2)cc1. The van der Waals surface area contributed by atoms with E-state index in [4.69, 9.17) is 0 Å². The summed E-state index contributed by atoms with van der Waals surface area (Å²) in [7, 11) is 0. The Bertz CT molecular complexity index is 417. The highest BCUT2D eigenvalue weighted by Gasteiger charge is 2.42. The normalized spacial score (nSPS) is 28.0. The molecule has 1 aromatic carbocycles. The number of carboxylic acid groups (broad SMARTS) is 1. The van der Waals surface area contributed by atoms with Crippen LogP contribution in [0.5, 0.6) is 0 Å². The molecule has 0 aromatic heterocycles. The first kappa shape index (κ1) is 13.5. The first-order valence-electron chi connectivity index (χ1n) is 6.51. The van der Waals surface area contributed by atoms with Gasteiger partial charge in [0.1, 0.15) is 4.75 Å². The Labute approximate surface area is 113 Å². The number of hydrogen-bond donors (Lipinski definition) is 1. The molecule has 0 radical (unpaired) electrons. The summed E-state index contributed by atoms with van der Waals surface area (Å²) in [6.45, 7) is 4.26. The van der Waals surface area contributed by atoms with Gasteiger partial charge in [-0.25, -0.2) is 0 Å². The lowest BCUT2D eigenvalue weighted by molar-refractivity contribution is -0.141. The fourth-order valence-electron chi connectivity index (χ4n) is 2.42. The number of aliphatic carboxylic acids is 1. The van der Waals surface area contributed by atoms with Gasteiger partial charge in [0.25, 0.3) is 0 Å². The van der Waals surface area contributed by atoms with Crippen molar-refractivity contribution in [1.82, 2.24) is 0 Å². The number of benzene rings is 1. The molecule has 0 bridgehead atoms. The van der Waals surface area contributed by atoms with Crippen molar-refractivity contribution in [2.75, 3.05) is 0 Å². The van der Waals surface area contributed by atoms with Crippen LogP contribution in [0.2, 0.25) is 0 Å². The third kappa shape index (κ3) is 2.89. The van der Waals surface area contributed by atoms with Gasteiger partial charge in [-0.05, 0) is 50.7 Å². The summed E-state index contributed by atoms with van der Waals surface area (Å²) >= 11 is 1.53. The van der Waals surface area contributed by atoms with Crippen LogP contribution in [0.1, 0.15) is 38.2 Å². The van der Waals surface area contributed by atoms with Gasteiger partial charge in [0.2, 0.25) is 0 Å². The molecule has 0 aliphatic heterocycles. The molecule has 0 heterocycles. The maximum atomic E-state index is 11.6. The number of aryl methyl sites for hydroxylation is 1. The fraction of sp³-hybridized carbons (Fsp3) is 0.533. The Morgan fingerprint density at radius 3 is 2.33 bits per heavy atom. The number of hydrogen-bond acceptors (Lipinski definition) is 2. The molecule has 98 valence electrons. The molecule has 18 heavy (non-hydrogen) atoms. The minimum atomic E-state index is -0.653. The van der Waals surface area contributed by atoms with Gasteiger partial charge in [0.05, 0.1) is 0 Å². The van der Waals surface area contributed by atoms with Gasteiger partial charge in [-0.15, -0.1) is 11.8 Å². The molecule has 1 N–H and O–H groups in total. The minimum absolute atomic E-state index is 0.609. The Balaban J connectivity index is 2.16. The second-order valence-corrected chi connectivity index (χ2v) is 6.85. The first-order valence-corrected chi connectivity index (χ1v) is 7.32. The molecule has 0 atom stereocenters. The molecule has 1 aliphatic rings. The van der Waals surface area contributed by atoms with Crippen molar-refractivity contribution < 1.29 is 9.90 Å². The van der Waals surface area contributed by atoms with Gasteiger partial charge in [0, 0.05) is 4.90 Å². The number of carbonyl (C=O) groups is 1. The largest absolute Gasteiger partial charge is 0.480 e. The van der Waals surface area contributed by atoms with Gasteiger partial charge in [-0.3, -0.25) is 4.79 Å². The van der Waals surface area contributed by atoms with Crippen LogP contribution in [0.3, 0.4) is 0 Å². The van der Waals surface area contributed by atoms with Crippen molar-refractivity contribution in [3.8, 4) is 0 Å². The number of thioether (sulfide) groups is 1. The van der Waals surface area contributed by atoms with Crippen LogP contribution in [-0.4, -0.2) is 15.8 Å². The molecule has 0 unspecified atom stereocenters. The second-order valence-electron chi connectivity index (χ2n) is 5.40. The molecule has 2 rings (SSSR count). The van der Waals surface area contributed by atoms with Crippen molar-refractivity contribution in [1.29, 1.82) is 0 Å². The molecule has 1 aromatic rings. The third-order valence-electron chi connectivity index (χ3n) is 3.81. The average Bonchev–Trinajstić information content (AvgIpc) is 2.35. The maximum Gasteiger partial charge on any atom is 0.320 e. The van der Waals surface area contributed by atoms with E-state index in [-0.39, 0.29) is 0 Å². The van der Waals surface area contributed by atoms with Gasteiger partial charge < -0.3 is 5.11 Å². The topological polar surface area (TPSA) is 37.3 Å². The molecule has 0 saturated heterocycles. The first-order chi connectivity index (χ1) is 8.52. The van der Waals surface area contributed by atoms with E-state index >= 15 is 0 Å². The van der Waals surface area contributed by atoms with E-state index in [2.05, 4.69) is 6.92 Å². The molecule has 0 spiro atoms. The van der Waals surface area contributed by atoms with Crippen molar-refractivity contribution in [2.45, 2.75) is 49.2 Å². The highest BCUT2D eigenvalue weighted by molar-refractivity contribution is 8.01. The fourth-order valence-corrected chi connectivity index (χ4v) is 3.67. The Kier molecular flexibility index (Phi) is 4.00. The lowest BCUT2D eigenvalue weighted by Gasteiger charge is -2.35. The third-order valence-corrected chi connectivity index (χ3v) is 5.29. The van der Waals surface area contributed by atoms with Crippen LogP contribution in [-0.2, 0) is 4.79 Å². The zero-order valence-electron chi connectivity index (χ0n) is 11.0. The van der Waals surface area contributed by atoms with Gasteiger partial charge in [-0.1, -0.05) is 24.6 Å². The summed E-state index contributed by atoms with van der Waals surface area (Å²) < 4.78 is -0.609. The van der Waals surface area contributed by atoms with E-state index in [0.717, 1.165) is 30.6 Å². The van der Waals surface area contributed by atoms with Crippen molar-refractivity contribution in [3.63, 3.8) is 0 Å². The summed E-state index contributed by atoms with van der Waals surface area (Å²) in [5, 5.41) is 9.57. The highest BCUT2D eigenvalue weighted by Crippen LogP contribution is 2.45. The lowest BCUT2D eigenvalue weighted by atomic mass is 9.82. The Morgan fingerprint density at radius 1 is 1.28 bits per heavy atom. The summed E-state index contributed by atoms with van der Waals surface area (Å²) in [5.74, 6) is 0.0102. The van der Waals surface area contributed by atoms with Crippen LogP contribution >= 0.6 is 11.8 Å². The van der Waals surface area contributed by atoms with Crippen LogP contribution < -0.4 is 0 Å². The minimum Gasteiger partial charge on any atom is -0.480 e. The quantitative estimate of drug-likeness (QED) is 0.892. The highest BCUT2D eigenvalue weighted by atomic mass is 32.2. The smallest absolute Gasteiger partial charge is 0.320 e. The molecule has 1 fully saturated rings. The maximum absolute atomic E-state index is 11.6. The Hall–Kier alpha value is -0.960. The molecule has 0 amide bonds. The van der Waals surface area contributed by atoms with Gasteiger partial charge in [0.15, 0.2) is 0 Å². The summed E-state index contributed by atoms with van der Waals surface area (Å²) in [4.78, 5) is 12.7. The number of carboxylic acids is 1. The van der Waals surface area contributed by atoms with E-state index in [1.54, 1.807) is 0 Å². The van der Waals surface area contributed by atoms with E-state index in [1.807, 2.05) is 31.2 Å². The molecule has 1 aliphatic carbocycles. The van der Waals surface area contributed by atoms with Gasteiger partial charge in [-0.2, -0.15) is 0 Å². The standard InChI is InChI=1S/C15H20O2S/c1-11-3-5-13(6-4-11)18-15(14(16)17)9-7-12(2)8-10-15/h3-6,12H,7-10H2,1-2H3,(H,16,17). The summed E-state index contributed by atoms with van der Waals surface area (Å²) in [6.07, 6.45) is 3.60. The predicted molar refractivity (Wildman–Crippen MR) is 75.0 cm³/mol. The molecular formula is C15H20O2S. The van der Waals surface area contributed by atoms with Crippen molar-refractivity contribution in [3.05, 3.63) is 29.8 Å². The van der Waals surface area contributed by atoms with E-state index < -0.39 is 10.7 Å². The molecular weight excluding hydrogens is 244 g/mol. The van der Waals surface area contributed by atoms with Crippen LogP contribution in [0.15, 0.2) is 29.2 Å². The van der Waals surface area contributed by atoms with Crippen LogP contribution in [0.25, 0.3) is 0 Å². The van der Waals surface area contributed by atoms with Crippen LogP contribution in [0.4, 0.5) is 0 Å². The molecule has 3 heteroatoms. The van der Waals surface area contributed by atoms with E-state index in [0.29, 0.717) is 5.92 Å².